The molecule has 0 fully saturated rings. The third-order valence-corrected chi connectivity index (χ3v) is 9.01. The fourth-order valence-electron chi connectivity index (χ4n) is 4.01. The molecule has 0 aliphatic rings. The van der Waals surface area contributed by atoms with Crippen molar-refractivity contribution in [1.29, 1.82) is 0 Å². The summed E-state index contributed by atoms with van der Waals surface area (Å²) in [5.74, 6) is -1.51. The first kappa shape index (κ1) is 47.2. The van der Waals surface area contributed by atoms with Crippen molar-refractivity contribution in [2.75, 3.05) is 5.32 Å². The molecule has 0 saturated carbocycles. The van der Waals surface area contributed by atoms with E-state index < -0.39 is 78.5 Å². The monoisotopic (exact) mass is 853 g/mol. The molecule has 1 heterocycles. The Bertz CT molecular complexity index is 2500. The first-order valence-corrected chi connectivity index (χ1v) is 17.2. The van der Waals surface area contributed by atoms with Crippen molar-refractivity contribution in [3.63, 3.8) is 0 Å². The number of hydrogen-bond donors (Lipinski definition) is 1. The summed E-state index contributed by atoms with van der Waals surface area (Å²) in [6.45, 7) is 0. The van der Waals surface area contributed by atoms with Crippen LogP contribution in [0.25, 0.3) is 10.8 Å². The van der Waals surface area contributed by atoms with Gasteiger partial charge in [0.05, 0.1) is 37.4 Å². The van der Waals surface area contributed by atoms with Gasteiger partial charge in [-0.2, -0.15) is 39.2 Å². The molecule has 0 unspecified atom stereocenters. The van der Waals surface area contributed by atoms with Gasteiger partial charge < -0.3 is 19.0 Å². The van der Waals surface area contributed by atoms with Crippen LogP contribution in [0.4, 0.5) is 43.0 Å². The molecule has 0 atom stereocenters. The van der Waals surface area contributed by atoms with E-state index in [-0.39, 0.29) is 172 Å². The first-order valence-electron chi connectivity index (χ1n) is 12.6. The van der Waals surface area contributed by atoms with Gasteiger partial charge in [0.1, 0.15) is 35.4 Å². The van der Waals surface area contributed by atoms with Crippen LogP contribution in [-0.2, 0) is 30.4 Å². The quantitative estimate of drug-likeness (QED) is 0.0508. The van der Waals surface area contributed by atoms with Gasteiger partial charge in [-0.3, -0.25) is 0 Å². The van der Waals surface area contributed by atoms with Crippen molar-refractivity contribution < 1.29 is 202 Å². The van der Waals surface area contributed by atoms with E-state index in [2.05, 4.69) is 35.7 Å². The Morgan fingerprint density at radius 3 is 1.49 bits per heavy atom. The van der Waals surface area contributed by atoms with Crippen LogP contribution in [0.1, 0.15) is 0 Å². The standard InChI is InChI=1S/C26H16ClF2N7O9S3.3K/c27-23-24(28)31-26(29)32-25(23)30-13-1-3-14(4-2-13)33-34-15-5-7-16(8-6-15)35-36-17-9-19-20(21(10-17)47(40,41)42)11-18(46(37,38)39)12-22(19)48(43,44)45;;;/h1-12H,(H,30,31,32)(H,37,38,39)(H,40,41,42)(H,43,44,45);;;/q;3*+1/p-3. The van der Waals surface area contributed by atoms with Crippen LogP contribution in [0.5, 0.6) is 0 Å². The average molecular weight is 854 g/mol. The minimum atomic E-state index is -5.49. The van der Waals surface area contributed by atoms with Crippen molar-refractivity contribution in [2.24, 2.45) is 20.5 Å². The number of fused-ring (bicyclic) bond motifs is 1. The summed E-state index contributed by atoms with van der Waals surface area (Å²) in [6.07, 6.45) is -1.31. The zero-order valence-electron chi connectivity index (χ0n) is 26.1. The Morgan fingerprint density at radius 1 is 0.588 bits per heavy atom. The van der Waals surface area contributed by atoms with Gasteiger partial charge >= 0.3 is 160 Å². The molecule has 5 rings (SSSR count). The van der Waals surface area contributed by atoms with Crippen LogP contribution >= 0.6 is 11.6 Å². The molecular weight excluding hydrogens is 841 g/mol. The zero-order chi connectivity index (χ0) is 35.0. The van der Waals surface area contributed by atoms with Crippen LogP contribution in [0, 0.1) is 12.0 Å². The molecular formula is C26H13ClF2K3N7O9S3. The van der Waals surface area contributed by atoms with Crippen molar-refractivity contribution in [3.8, 4) is 0 Å². The summed E-state index contributed by atoms with van der Waals surface area (Å²) in [5.41, 5.74) is 0.862. The van der Waals surface area contributed by atoms with E-state index >= 15 is 0 Å². The van der Waals surface area contributed by atoms with Crippen LogP contribution < -0.4 is 159 Å². The van der Waals surface area contributed by atoms with Gasteiger partial charge in [-0.1, -0.05) is 11.6 Å². The number of halogens is 3. The number of nitrogens with zero attached hydrogens (tertiary/aromatic N) is 6. The molecule has 0 amide bonds. The van der Waals surface area contributed by atoms with E-state index in [1.807, 2.05) is 0 Å². The summed E-state index contributed by atoms with van der Waals surface area (Å²) < 4.78 is 133. The van der Waals surface area contributed by atoms with Crippen LogP contribution in [-0.4, -0.2) is 48.9 Å². The van der Waals surface area contributed by atoms with Crippen molar-refractivity contribution in [2.45, 2.75) is 14.7 Å². The number of nitrogens with one attached hydrogen (secondary N) is 1. The van der Waals surface area contributed by atoms with Gasteiger partial charge in [0.15, 0.2) is 5.82 Å². The SMILES string of the molecule is O=S(=O)([O-])c1cc(S(=O)(=O)[O-])c2cc(N=Nc3ccc(N=Nc4ccc(Nc5nc(F)nc(F)c5Cl)cc4)cc3)cc(S(=O)(=O)[O-])c2c1.[K+].[K+].[K+]. The molecule has 25 heteroatoms. The normalized spacial score (nSPS) is 12.0. The van der Waals surface area contributed by atoms with Gasteiger partial charge in [-0.15, -0.1) is 0 Å². The Labute approximate surface area is 420 Å². The second-order valence-electron chi connectivity index (χ2n) is 9.36. The summed E-state index contributed by atoms with van der Waals surface area (Å²) in [6, 6.07) is 14.1. The zero-order valence-corrected chi connectivity index (χ0v) is 38.7. The fourth-order valence-corrected chi connectivity index (χ4v) is 6.16. The number of aromatic nitrogens is 2. The minimum absolute atomic E-state index is 0. The Hall–Kier alpha value is 0.00909. The number of rotatable bonds is 9. The van der Waals surface area contributed by atoms with Crippen LogP contribution in [0.3, 0.4) is 0 Å². The molecule has 16 nitrogen and oxygen atoms in total. The molecule has 1 aromatic heterocycles. The van der Waals surface area contributed by atoms with Crippen molar-refractivity contribution in [1.82, 2.24) is 9.97 Å². The number of benzene rings is 4. The Morgan fingerprint density at radius 2 is 1.02 bits per heavy atom. The molecule has 51 heavy (non-hydrogen) atoms. The fraction of sp³-hybridized carbons (Fsp3) is 0. The summed E-state index contributed by atoms with van der Waals surface area (Å²) in [7, 11) is -16.3. The molecule has 0 aliphatic heterocycles. The van der Waals surface area contributed by atoms with Crippen LogP contribution in [0.2, 0.25) is 5.02 Å². The second-order valence-corrected chi connectivity index (χ2v) is 13.8. The molecule has 1 N–H and O–H groups in total. The molecule has 5 aromatic rings. The average Bonchev–Trinajstić information content (AvgIpc) is 3.00. The predicted molar refractivity (Wildman–Crippen MR) is 159 cm³/mol. The van der Waals surface area contributed by atoms with Crippen molar-refractivity contribution in [3.05, 3.63) is 89.8 Å². The Kier molecular flexibility index (Phi) is 17.8. The van der Waals surface area contributed by atoms with Gasteiger partial charge in [-0.05, 0) is 72.8 Å². The third kappa shape index (κ3) is 12.5. The van der Waals surface area contributed by atoms with E-state index in [1.54, 1.807) is 0 Å². The van der Waals surface area contributed by atoms with Crippen molar-refractivity contribution >= 4 is 87.0 Å². The first-order chi connectivity index (χ1) is 22.4. The predicted octanol–water partition coefficient (Wildman–Crippen LogP) is -3.14. The largest absolute Gasteiger partial charge is 1.00 e. The van der Waals surface area contributed by atoms with E-state index in [0.717, 1.165) is 6.07 Å². The van der Waals surface area contributed by atoms with Crippen LogP contribution in [0.15, 0.2) is 108 Å². The van der Waals surface area contributed by atoms with Gasteiger partial charge in [0.25, 0.3) is 0 Å². The molecule has 4 aromatic carbocycles. The molecule has 0 aliphatic carbocycles. The molecule has 248 valence electrons. The summed E-state index contributed by atoms with van der Waals surface area (Å²) >= 11 is 5.74. The second kappa shape index (κ2) is 19.2. The number of hydrogen-bond acceptors (Lipinski definition) is 16. The molecule has 0 bridgehead atoms. The van der Waals surface area contributed by atoms with Gasteiger partial charge in [0, 0.05) is 16.5 Å². The molecule has 0 radical (unpaired) electrons. The van der Waals surface area contributed by atoms with E-state index in [9.17, 15) is 47.7 Å². The maximum absolute atomic E-state index is 13.5. The maximum Gasteiger partial charge on any atom is 1.00 e. The van der Waals surface area contributed by atoms with Gasteiger partial charge in [0.2, 0.25) is 5.95 Å². The van der Waals surface area contributed by atoms with E-state index in [0.29, 0.717) is 29.2 Å². The summed E-state index contributed by atoms with van der Waals surface area (Å²) in [4.78, 5) is 2.62. The smallest absolute Gasteiger partial charge is 0.744 e. The molecule has 0 saturated heterocycles. The third-order valence-electron chi connectivity index (χ3n) is 6.10. The summed E-state index contributed by atoms with van der Waals surface area (Å²) in [5, 5.41) is 16.5. The maximum atomic E-state index is 13.5. The van der Waals surface area contributed by atoms with E-state index in [1.165, 1.54) is 48.5 Å². The van der Waals surface area contributed by atoms with E-state index in [4.69, 9.17) is 11.6 Å². The number of azo groups is 2. The Balaban J connectivity index is 0.00000300. The number of anilines is 2. The van der Waals surface area contributed by atoms with Gasteiger partial charge in [-0.25, -0.2) is 25.3 Å². The minimum Gasteiger partial charge on any atom is -0.744 e. The topological polar surface area (TPSA) is 259 Å². The molecule has 0 spiro atoms.